The van der Waals surface area contributed by atoms with Gasteiger partial charge in [-0.15, -0.1) is 0 Å². The summed E-state index contributed by atoms with van der Waals surface area (Å²) < 4.78 is 12.1. The van der Waals surface area contributed by atoms with Crippen molar-refractivity contribution in [3.8, 4) is 5.75 Å². The third-order valence-electron chi connectivity index (χ3n) is 7.22. The molecule has 2 aliphatic heterocycles. The van der Waals surface area contributed by atoms with E-state index in [1.54, 1.807) is 12.1 Å². The van der Waals surface area contributed by atoms with E-state index < -0.39 is 42.6 Å². The zero-order valence-corrected chi connectivity index (χ0v) is 25.9. The molecule has 2 fully saturated rings. The highest BCUT2D eigenvalue weighted by Gasteiger charge is 2.48. The normalized spacial score (nSPS) is 25.2. The highest BCUT2D eigenvalue weighted by Crippen LogP contribution is 2.37. The average Bonchev–Trinajstić information content (AvgIpc) is 2.95. The van der Waals surface area contributed by atoms with Gasteiger partial charge in [-0.3, -0.25) is 9.59 Å². The molecule has 4 rings (SSSR count). The van der Waals surface area contributed by atoms with Crippen molar-refractivity contribution >= 4 is 61.1 Å². The number of rotatable bonds is 8. The lowest BCUT2D eigenvalue weighted by atomic mass is 9.95. The number of nitrogens with zero attached hydrogens (tertiary/aromatic N) is 2. The summed E-state index contributed by atoms with van der Waals surface area (Å²) in [6.45, 7) is 5.62. The number of hydrogen-bond donors (Lipinski definition) is 6. The van der Waals surface area contributed by atoms with Crippen LogP contribution in [0.2, 0.25) is 0 Å². The minimum atomic E-state index is -1.92. The molecule has 2 aliphatic rings. The fourth-order valence-electron chi connectivity index (χ4n) is 4.79. The van der Waals surface area contributed by atoms with Crippen molar-refractivity contribution in [2.24, 2.45) is 5.92 Å². The van der Waals surface area contributed by atoms with Gasteiger partial charge in [-0.1, -0.05) is 15.9 Å². The summed E-state index contributed by atoms with van der Waals surface area (Å²) >= 11 is 6.61. The highest BCUT2D eigenvalue weighted by molar-refractivity contribution is 9.10. The summed E-state index contributed by atoms with van der Waals surface area (Å²) in [6, 6.07) is 6.45. The number of nitrogens with one attached hydrogen (secondary N) is 2. The van der Waals surface area contributed by atoms with Crippen molar-refractivity contribution in [1.29, 1.82) is 0 Å². The van der Waals surface area contributed by atoms with Crippen molar-refractivity contribution in [2.75, 3.05) is 23.7 Å². The predicted octanol–water partition coefficient (Wildman–Crippen LogP) is 2.19. The molecule has 2 saturated heterocycles. The number of aliphatic carboxylic acids is 1. The Hall–Kier alpha value is -2.66. The Balaban J connectivity index is 1.67. The topological polar surface area (TPSA) is 191 Å². The van der Waals surface area contributed by atoms with Crippen LogP contribution in [0.3, 0.4) is 0 Å². The summed E-state index contributed by atoms with van der Waals surface area (Å²) in [6.07, 6.45) is -6.68. The van der Waals surface area contributed by atoms with Crippen LogP contribution < -0.4 is 15.4 Å². The van der Waals surface area contributed by atoms with Crippen LogP contribution in [-0.2, 0) is 14.3 Å². The Morgan fingerprint density at radius 3 is 2.31 bits per heavy atom. The Bertz CT molecular complexity index is 1310. The minimum absolute atomic E-state index is 0.0299. The number of carbonyl (C=O) groups excluding carboxylic acids is 2. The van der Waals surface area contributed by atoms with E-state index in [9.17, 15) is 34.8 Å². The maximum absolute atomic E-state index is 13.5. The van der Waals surface area contributed by atoms with E-state index in [1.165, 1.54) is 18.3 Å². The van der Waals surface area contributed by atoms with E-state index in [0.29, 0.717) is 27.8 Å². The number of amides is 2. The fraction of sp³-hybridized carbons (Fsp3) is 0.481. The van der Waals surface area contributed by atoms with Crippen molar-refractivity contribution in [3.05, 3.63) is 45.0 Å². The van der Waals surface area contributed by atoms with Crippen LogP contribution in [0.25, 0.3) is 0 Å². The predicted molar refractivity (Wildman–Crippen MR) is 157 cm³/mol. The summed E-state index contributed by atoms with van der Waals surface area (Å²) in [5, 5.41) is 45.7. The van der Waals surface area contributed by atoms with Gasteiger partial charge in [0.25, 0.3) is 5.91 Å². The SMILES string of the molecule is CC(C)N1CCC(C(=O)Nc2c(O[C@@H]3O[C@H](C(=O)O)[C@@H](O)[C@H](O)[C@H]3O)cc(Br)cc2C(=O)Nc2ccc(Br)cn2)CC1. The molecule has 0 spiro atoms. The quantitative estimate of drug-likeness (QED) is 0.235. The van der Waals surface area contributed by atoms with E-state index in [-0.39, 0.29) is 34.6 Å². The lowest BCUT2D eigenvalue weighted by Gasteiger charge is -2.38. The maximum Gasteiger partial charge on any atom is 0.335 e. The number of carboxylic acids is 1. The second kappa shape index (κ2) is 13.8. The molecule has 2 aromatic rings. The fourth-order valence-corrected chi connectivity index (χ4v) is 5.47. The van der Waals surface area contributed by atoms with Gasteiger partial charge >= 0.3 is 5.97 Å². The Morgan fingerprint density at radius 2 is 1.71 bits per heavy atom. The highest BCUT2D eigenvalue weighted by atomic mass is 79.9. The van der Waals surface area contributed by atoms with Crippen molar-refractivity contribution in [1.82, 2.24) is 9.88 Å². The molecule has 228 valence electrons. The first-order valence-corrected chi connectivity index (χ1v) is 14.8. The number of piperidine rings is 1. The first kappa shape index (κ1) is 32.3. The molecule has 0 radical (unpaired) electrons. The van der Waals surface area contributed by atoms with Crippen molar-refractivity contribution in [3.63, 3.8) is 0 Å². The largest absolute Gasteiger partial charge is 0.479 e. The molecule has 0 unspecified atom stereocenters. The average molecular weight is 716 g/mol. The van der Waals surface area contributed by atoms with Crippen LogP contribution in [0.5, 0.6) is 5.75 Å². The van der Waals surface area contributed by atoms with E-state index in [4.69, 9.17) is 9.47 Å². The Labute approximate surface area is 258 Å². The molecule has 15 heteroatoms. The van der Waals surface area contributed by atoms with Gasteiger partial charge in [0.05, 0.1) is 11.3 Å². The second-order valence-electron chi connectivity index (χ2n) is 10.4. The van der Waals surface area contributed by atoms with E-state index in [2.05, 4.69) is 66.2 Å². The van der Waals surface area contributed by atoms with Crippen LogP contribution in [0.15, 0.2) is 39.4 Å². The summed E-state index contributed by atoms with van der Waals surface area (Å²) in [7, 11) is 0. The Kier molecular flexibility index (Phi) is 10.6. The molecule has 13 nitrogen and oxygen atoms in total. The second-order valence-corrected chi connectivity index (χ2v) is 12.2. The van der Waals surface area contributed by atoms with Gasteiger partial charge in [0.15, 0.2) is 6.10 Å². The van der Waals surface area contributed by atoms with Crippen LogP contribution in [0, 0.1) is 5.92 Å². The van der Waals surface area contributed by atoms with Gasteiger partial charge in [-0.25, -0.2) is 9.78 Å². The zero-order chi connectivity index (χ0) is 30.7. The smallest absolute Gasteiger partial charge is 0.335 e. The number of aliphatic hydroxyl groups excluding tert-OH is 3. The molecular formula is C27H32Br2N4O9. The lowest BCUT2D eigenvalue weighted by Crippen LogP contribution is -2.61. The van der Waals surface area contributed by atoms with Gasteiger partial charge in [-0.2, -0.15) is 0 Å². The molecule has 0 aliphatic carbocycles. The molecule has 0 saturated carbocycles. The molecule has 1 aromatic heterocycles. The minimum Gasteiger partial charge on any atom is -0.479 e. The van der Waals surface area contributed by atoms with Crippen LogP contribution in [0.4, 0.5) is 11.5 Å². The lowest BCUT2D eigenvalue weighted by molar-refractivity contribution is -0.271. The molecule has 42 heavy (non-hydrogen) atoms. The van der Waals surface area contributed by atoms with E-state index >= 15 is 0 Å². The molecule has 0 bridgehead atoms. The van der Waals surface area contributed by atoms with Gasteiger partial charge in [0.1, 0.15) is 29.9 Å². The van der Waals surface area contributed by atoms with Crippen molar-refractivity contribution < 1.29 is 44.3 Å². The number of hydrogen-bond acceptors (Lipinski definition) is 10. The number of aromatic nitrogens is 1. The summed E-state index contributed by atoms with van der Waals surface area (Å²) in [5.41, 5.74) is -0.0925. The molecule has 2 amide bonds. The Morgan fingerprint density at radius 1 is 1.02 bits per heavy atom. The van der Waals surface area contributed by atoms with Gasteiger partial charge in [-0.05, 0) is 80.0 Å². The zero-order valence-electron chi connectivity index (χ0n) is 22.7. The number of halogens is 2. The first-order valence-electron chi connectivity index (χ1n) is 13.3. The monoisotopic (exact) mass is 714 g/mol. The maximum atomic E-state index is 13.5. The van der Waals surface area contributed by atoms with Gasteiger partial charge < -0.3 is 45.4 Å². The summed E-state index contributed by atoms with van der Waals surface area (Å²) in [5.74, 6) is -2.86. The number of pyridine rings is 1. The molecule has 6 N–H and O–H groups in total. The molecular weight excluding hydrogens is 684 g/mol. The molecule has 5 atom stereocenters. The number of anilines is 2. The third kappa shape index (κ3) is 7.45. The number of likely N-dealkylation sites (tertiary alicyclic amines) is 1. The number of carboxylic acid groups (broad SMARTS) is 1. The van der Waals surface area contributed by atoms with Crippen LogP contribution in [0.1, 0.15) is 37.0 Å². The first-order chi connectivity index (χ1) is 19.8. The van der Waals surface area contributed by atoms with Crippen LogP contribution >= 0.6 is 31.9 Å². The number of aliphatic hydroxyl groups is 3. The van der Waals surface area contributed by atoms with E-state index in [0.717, 1.165) is 13.1 Å². The standard InChI is InChI=1S/C27H32Br2N4O9/c1-12(2)33-7-5-13(6-8-33)24(37)32-19-16(25(38)31-18-4-3-14(28)11-30-18)9-15(29)10-17(19)41-27-22(36)20(34)21(35)23(42-27)26(39)40/h3-4,9-13,20-23,27,34-36H,5-8H2,1-2H3,(H,32,37)(H,39,40)(H,30,31,38)/t20-,21-,22+,23-,27+/m0/s1. The van der Waals surface area contributed by atoms with Crippen LogP contribution in [-0.4, -0.2) is 97.9 Å². The van der Waals surface area contributed by atoms with Gasteiger partial charge in [0.2, 0.25) is 12.2 Å². The third-order valence-corrected chi connectivity index (χ3v) is 8.14. The van der Waals surface area contributed by atoms with Gasteiger partial charge in [0, 0.05) is 27.1 Å². The summed E-state index contributed by atoms with van der Waals surface area (Å²) in [4.78, 5) is 44.9. The molecule has 3 heterocycles. The van der Waals surface area contributed by atoms with E-state index in [1.807, 2.05) is 0 Å². The molecule has 1 aromatic carbocycles. The number of carbonyl (C=O) groups is 3. The van der Waals surface area contributed by atoms with Crippen molar-refractivity contribution in [2.45, 2.75) is 63.4 Å². The number of benzene rings is 1. The number of ether oxygens (including phenoxy) is 2.